The lowest BCUT2D eigenvalue weighted by Crippen LogP contribution is -2.41. The Hall–Kier alpha value is -4.25. The Morgan fingerprint density at radius 1 is 0.709 bits per heavy atom. The van der Waals surface area contributed by atoms with Gasteiger partial charge in [-0.3, -0.25) is 28.8 Å². The summed E-state index contributed by atoms with van der Waals surface area (Å²) in [6.45, 7) is 7.93. The molecule has 318 valence electrons. The molecule has 2 unspecified atom stereocenters. The summed E-state index contributed by atoms with van der Waals surface area (Å²) in [5, 5.41) is 35.9. The molecule has 0 aromatic heterocycles. The van der Waals surface area contributed by atoms with E-state index in [9.17, 15) is 43.1 Å². The van der Waals surface area contributed by atoms with E-state index in [0.717, 1.165) is 37.7 Å². The van der Waals surface area contributed by atoms with E-state index >= 15 is 0 Å². The van der Waals surface area contributed by atoms with E-state index in [1.807, 2.05) is 20.8 Å². The molecule has 55 heavy (non-hydrogen) atoms. The molecule has 0 radical (unpaired) electrons. The number of aryl methyl sites for hydroxylation is 1. The van der Waals surface area contributed by atoms with Crippen LogP contribution in [0.25, 0.3) is 0 Å². The maximum atomic E-state index is 12.1. The Bertz CT molecular complexity index is 1120. The second kappa shape index (κ2) is 44.1. The van der Waals surface area contributed by atoms with Gasteiger partial charge >= 0.3 is 17.9 Å². The number of unbranched alkanes of at least 4 members (excludes halogenated alkanes) is 5. The summed E-state index contributed by atoms with van der Waals surface area (Å²) < 4.78 is 12.1. The Labute approximate surface area is 326 Å². The van der Waals surface area contributed by atoms with Crippen LogP contribution in [0.5, 0.6) is 0 Å². The van der Waals surface area contributed by atoms with Gasteiger partial charge < -0.3 is 46.3 Å². The third kappa shape index (κ3) is 47.7. The predicted molar refractivity (Wildman–Crippen MR) is 209 cm³/mol. The molecule has 10 N–H and O–H groups in total. The van der Waals surface area contributed by atoms with E-state index in [-0.39, 0.29) is 62.1 Å². The topological polar surface area (TPSA) is 284 Å². The maximum Gasteiger partial charge on any atom is 0.326 e. The van der Waals surface area contributed by atoms with Crippen LogP contribution in [0.1, 0.15) is 116 Å². The molecule has 0 heterocycles. The van der Waals surface area contributed by atoms with Crippen LogP contribution in [0.15, 0.2) is 24.3 Å². The Kier molecular flexibility index (Phi) is 46.1. The highest BCUT2D eigenvalue weighted by Crippen LogP contribution is 2.04. The largest absolute Gasteiger partial charge is 0.481 e. The second-order valence-corrected chi connectivity index (χ2v) is 11.4. The smallest absolute Gasteiger partial charge is 0.326 e. The summed E-state index contributed by atoms with van der Waals surface area (Å²) in [6.07, 6.45) is 7.30. The molecule has 0 fully saturated rings. The maximum absolute atomic E-state index is 12.1. The molecule has 1 rings (SSSR count). The van der Waals surface area contributed by atoms with Gasteiger partial charge in [-0.1, -0.05) is 44.4 Å². The normalized spacial score (nSPS) is 10.0. The van der Waals surface area contributed by atoms with Gasteiger partial charge in [0.15, 0.2) is 0 Å². The van der Waals surface area contributed by atoms with Crippen molar-refractivity contribution in [3.8, 4) is 0 Å². The van der Waals surface area contributed by atoms with Gasteiger partial charge in [0.2, 0.25) is 24.1 Å². The molecule has 1 aromatic carbocycles. The molecule has 0 aliphatic heterocycles. The lowest BCUT2D eigenvalue weighted by molar-refractivity contribution is -0.142. The molecule has 4 amide bonds. The van der Waals surface area contributed by atoms with Crippen LogP contribution in [-0.4, -0.2) is 94.5 Å². The van der Waals surface area contributed by atoms with Gasteiger partial charge in [0.25, 0.3) is 0 Å². The molecular weight excluding hydrogens is 744 g/mol. The number of rotatable bonds is 27. The van der Waals surface area contributed by atoms with Gasteiger partial charge in [0.1, 0.15) is 11.9 Å². The average molecular weight is 810 g/mol. The minimum Gasteiger partial charge on any atom is -0.481 e. The number of halogens is 1. The number of benzene rings is 1. The van der Waals surface area contributed by atoms with Crippen LogP contribution in [0, 0.1) is 12.7 Å². The fraction of sp³-hybridized carbons (Fsp3) is 0.639. The number of amides is 4. The fourth-order valence-electron chi connectivity index (χ4n) is 4.00. The van der Waals surface area contributed by atoms with Crippen LogP contribution >= 0.6 is 9.47 Å². The number of carboxylic acid groups (broad SMARTS) is 3. The van der Waals surface area contributed by atoms with Gasteiger partial charge in [-0.2, -0.15) is 0 Å². The van der Waals surface area contributed by atoms with Crippen LogP contribution in [0.3, 0.4) is 0 Å². The zero-order valence-corrected chi connectivity index (χ0v) is 33.6. The van der Waals surface area contributed by atoms with Crippen molar-refractivity contribution in [3.05, 3.63) is 35.6 Å². The highest BCUT2D eigenvalue weighted by atomic mass is 31.0. The Balaban J connectivity index is -0.000000498. The third-order valence-corrected chi connectivity index (χ3v) is 6.81. The molecule has 0 saturated heterocycles. The van der Waals surface area contributed by atoms with Crippen LogP contribution in [0.2, 0.25) is 0 Å². The Morgan fingerprint density at radius 2 is 1.18 bits per heavy atom. The molecule has 17 nitrogen and oxygen atoms in total. The first-order valence-corrected chi connectivity index (χ1v) is 18.8. The number of carbonyl (C=O) groups excluding carboxylic acids is 4. The lowest BCUT2D eigenvalue weighted by Gasteiger charge is -2.14. The molecular formula is C36H65FN5O12P. The van der Waals surface area contributed by atoms with Crippen molar-refractivity contribution >= 4 is 51.5 Å². The first-order chi connectivity index (χ1) is 26.3. The zero-order valence-electron chi connectivity index (χ0n) is 32.5. The molecule has 1 aromatic rings. The third-order valence-electron chi connectivity index (χ3n) is 6.81. The summed E-state index contributed by atoms with van der Waals surface area (Å²) in [6, 6.07) is 5.28. The molecule has 0 spiro atoms. The summed E-state index contributed by atoms with van der Waals surface area (Å²) >= 11 is 0. The van der Waals surface area contributed by atoms with Crippen LogP contribution < -0.4 is 27.2 Å². The minimum absolute atomic E-state index is 0.0000334. The first-order valence-electron chi connectivity index (χ1n) is 18.3. The summed E-state index contributed by atoms with van der Waals surface area (Å²) in [7, 11) is 1.42. The van der Waals surface area contributed by atoms with Crippen LogP contribution in [0.4, 0.5) is 4.39 Å². The Morgan fingerprint density at radius 3 is 1.64 bits per heavy atom. The monoisotopic (exact) mass is 809 g/mol. The van der Waals surface area contributed by atoms with Gasteiger partial charge in [-0.05, 0) is 79.9 Å². The molecule has 0 saturated carbocycles. The number of carboxylic acids is 3. The van der Waals surface area contributed by atoms with E-state index < -0.39 is 23.9 Å². The van der Waals surface area contributed by atoms with E-state index in [1.165, 1.54) is 21.6 Å². The first kappa shape index (κ1) is 57.5. The predicted octanol–water partition coefficient (Wildman–Crippen LogP) is 3.36. The van der Waals surface area contributed by atoms with E-state index in [1.54, 1.807) is 12.1 Å². The number of nitrogens with one attached hydrogen (secondary N) is 4. The number of nitrogens with two attached hydrogens (primary N) is 1. The van der Waals surface area contributed by atoms with Gasteiger partial charge in [-0.25, -0.2) is 15.1 Å². The van der Waals surface area contributed by atoms with E-state index in [2.05, 4.69) is 26.1 Å². The van der Waals surface area contributed by atoms with Crippen LogP contribution in [-0.2, 0) is 38.4 Å². The highest BCUT2D eigenvalue weighted by Gasteiger charge is 2.20. The summed E-state index contributed by atoms with van der Waals surface area (Å²) in [5.74, 6) is 1.01. The second-order valence-electron chi connectivity index (χ2n) is 11.4. The fourth-order valence-corrected chi connectivity index (χ4v) is 4.00. The van der Waals surface area contributed by atoms with Gasteiger partial charge in [0.05, 0.1) is 6.61 Å². The lowest BCUT2D eigenvalue weighted by atomic mass is 10.1. The minimum atomic E-state index is -1.18. The SMILES string of the molecule is CC.Cc1ccc(F)cc1.NOCCCCNC(=O)CCC(NC(=O)CCCCCNC(=O)CCCCCNC=O)C(=O)O.O=C(O)CCCC(=O)O.OP. The van der Waals surface area contributed by atoms with Crippen molar-refractivity contribution in [2.45, 2.75) is 123 Å². The van der Waals surface area contributed by atoms with Gasteiger partial charge in [0, 0.05) is 51.7 Å². The molecule has 2 atom stereocenters. The van der Waals surface area contributed by atoms with Crippen molar-refractivity contribution in [2.75, 3.05) is 26.2 Å². The number of carbonyl (C=O) groups is 7. The van der Waals surface area contributed by atoms with Crippen molar-refractivity contribution in [1.82, 2.24) is 21.3 Å². The standard InChI is InChI=1S/C22H41N5O7.C7H7F.C5H8O4.C2H6.H3OP/c23-34-16-8-7-15-26-20(30)12-11-18(22(32)33)27-21(31)10-4-2-6-14-25-19(29)9-3-1-5-13-24-17-28;1-6-2-4-7(8)5-3-6;6-4(7)2-1-3-5(8)9;2*1-2/h17-18H,1-16,23H2,(H,24,28)(H,25,29)(H,26,30)(H,27,31)(H,32,33);2-5H,1H3;1-3H2,(H,6,7)(H,8,9);1-2H3;1H,2H2. The molecule has 0 aliphatic rings. The quantitative estimate of drug-likeness (QED) is 0.0267. The summed E-state index contributed by atoms with van der Waals surface area (Å²) in [4.78, 5) is 88.0. The number of hydrogen-bond acceptors (Lipinski definition) is 10. The molecule has 0 aliphatic carbocycles. The van der Waals surface area contributed by atoms with Crippen molar-refractivity contribution < 1.29 is 63.0 Å². The molecule has 19 heteroatoms. The molecule has 0 bridgehead atoms. The summed E-state index contributed by atoms with van der Waals surface area (Å²) in [5.41, 5.74) is 1.09. The van der Waals surface area contributed by atoms with Crippen molar-refractivity contribution in [1.29, 1.82) is 0 Å². The highest BCUT2D eigenvalue weighted by molar-refractivity contribution is 7.08. The van der Waals surface area contributed by atoms with Crippen molar-refractivity contribution in [2.24, 2.45) is 5.90 Å². The average Bonchev–Trinajstić information content (AvgIpc) is 3.15. The van der Waals surface area contributed by atoms with E-state index in [4.69, 9.17) is 21.0 Å². The van der Waals surface area contributed by atoms with E-state index in [0.29, 0.717) is 58.3 Å². The number of hydrogen-bond donors (Lipinski definition) is 9. The van der Waals surface area contributed by atoms with Gasteiger partial charge in [-0.15, -0.1) is 0 Å². The zero-order chi connectivity index (χ0) is 42.7. The van der Waals surface area contributed by atoms with Crippen molar-refractivity contribution in [3.63, 3.8) is 0 Å². The number of aliphatic carboxylic acids is 3.